The van der Waals surface area contributed by atoms with E-state index in [4.69, 9.17) is 4.42 Å². The summed E-state index contributed by atoms with van der Waals surface area (Å²) in [6.45, 7) is 5.51. The van der Waals surface area contributed by atoms with Crippen molar-refractivity contribution in [3.8, 4) is 0 Å². The molecule has 0 saturated carbocycles. The molecule has 1 saturated heterocycles. The molecule has 0 spiro atoms. The highest BCUT2D eigenvalue weighted by molar-refractivity contribution is 5.99. The lowest BCUT2D eigenvalue weighted by atomic mass is 10.1. The fourth-order valence-corrected chi connectivity index (χ4v) is 2.80. The van der Waals surface area contributed by atoms with Gasteiger partial charge in [0.05, 0.1) is 17.4 Å². The van der Waals surface area contributed by atoms with E-state index < -0.39 is 0 Å². The van der Waals surface area contributed by atoms with E-state index in [1.54, 1.807) is 28.0 Å². The monoisotopic (exact) mass is 368 g/mol. The second-order valence-corrected chi connectivity index (χ2v) is 6.02. The zero-order chi connectivity index (χ0) is 19.2. The van der Waals surface area contributed by atoms with E-state index in [2.05, 4.69) is 16.9 Å². The van der Waals surface area contributed by atoms with Gasteiger partial charge in [-0.25, -0.2) is 0 Å². The highest BCUT2D eigenvalue weighted by Gasteiger charge is 2.27. The molecule has 0 bridgehead atoms. The first-order valence-electron chi connectivity index (χ1n) is 8.56. The van der Waals surface area contributed by atoms with Gasteiger partial charge in [-0.05, 0) is 18.2 Å². The summed E-state index contributed by atoms with van der Waals surface area (Å²) in [5, 5.41) is 2.65. The van der Waals surface area contributed by atoms with Crippen LogP contribution < -0.4 is 5.32 Å². The van der Waals surface area contributed by atoms with Crippen LogP contribution in [0.2, 0.25) is 0 Å². The SMILES string of the molecule is C=CCNC(=O)c1cncc(C(=O)N2CCN(C(=O)c3ccco3)CC2)c1. The number of carbonyl (C=O) groups is 3. The minimum absolute atomic E-state index is 0.186. The van der Waals surface area contributed by atoms with Crippen LogP contribution in [0.15, 0.2) is 53.9 Å². The molecule has 0 aliphatic carbocycles. The van der Waals surface area contributed by atoms with Crippen molar-refractivity contribution in [1.82, 2.24) is 20.1 Å². The minimum Gasteiger partial charge on any atom is -0.459 e. The summed E-state index contributed by atoms with van der Waals surface area (Å²) in [5.74, 6) is -0.427. The van der Waals surface area contributed by atoms with E-state index in [0.717, 1.165) is 0 Å². The Balaban J connectivity index is 1.61. The van der Waals surface area contributed by atoms with Crippen molar-refractivity contribution in [2.75, 3.05) is 32.7 Å². The van der Waals surface area contributed by atoms with Gasteiger partial charge in [0.15, 0.2) is 5.76 Å². The number of hydrogen-bond donors (Lipinski definition) is 1. The first-order valence-corrected chi connectivity index (χ1v) is 8.56. The van der Waals surface area contributed by atoms with Crippen molar-refractivity contribution in [2.24, 2.45) is 0 Å². The molecular weight excluding hydrogens is 348 g/mol. The summed E-state index contributed by atoms with van der Waals surface area (Å²) in [6.07, 6.45) is 5.88. The average molecular weight is 368 g/mol. The maximum absolute atomic E-state index is 12.7. The number of rotatable bonds is 5. The number of nitrogens with one attached hydrogen (secondary N) is 1. The third-order valence-corrected chi connectivity index (χ3v) is 4.24. The lowest BCUT2D eigenvalue weighted by Gasteiger charge is -2.34. The molecule has 1 fully saturated rings. The smallest absolute Gasteiger partial charge is 0.289 e. The summed E-state index contributed by atoms with van der Waals surface area (Å²) in [6, 6.07) is 4.81. The molecule has 1 N–H and O–H groups in total. The lowest BCUT2D eigenvalue weighted by Crippen LogP contribution is -2.50. The first-order chi connectivity index (χ1) is 13.1. The molecule has 2 aromatic heterocycles. The number of furan rings is 1. The summed E-state index contributed by atoms with van der Waals surface area (Å²) < 4.78 is 5.13. The van der Waals surface area contributed by atoms with Crippen molar-refractivity contribution in [3.05, 3.63) is 66.4 Å². The first kappa shape index (κ1) is 18.4. The topological polar surface area (TPSA) is 95.8 Å². The van der Waals surface area contributed by atoms with Crippen molar-refractivity contribution >= 4 is 17.7 Å². The summed E-state index contributed by atoms with van der Waals surface area (Å²) in [5.41, 5.74) is 0.654. The molecule has 1 aliphatic heterocycles. The number of amides is 3. The predicted molar refractivity (Wildman–Crippen MR) is 97.3 cm³/mol. The van der Waals surface area contributed by atoms with Crippen LogP contribution >= 0.6 is 0 Å². The Morgan fingerprint density at radius 2 is 1.78 bits per heavy atom. The fourth-order valence-electron chi connectivity index (χ4n) is 2.80. The van der Waals surface area contributed by atoms with Crippen LogP contribution in [0.3, 0.4) is 0 Å². The molecule has 8 heteroatoms. The third-order valence-electron chi connectivity index (χ3n) is 4.24. The fraction of sp³-hybridized carbons (Fsp3) is 0.263. The van der Waals surface area contributed by atoms with Gasteiger partial charge in [0.2, 0.25) is 0 Å². The standard InChI is InChI=1S/C19H20N4O4/c1-2-5-21-17(24)14-11-15(13-20-12-14)18(25)22-6-8-23(9-7-22)19(26)16-4-3-10-27-16/h2-4,10-13H,1,5-9H2,(H,21,24). The summed E-state index contributed by atoms with van der Waals surface area (Å²) >= 11 is 0. The highest BCUT2D eigenvalue weighted by Crippen LogP contribution is 2.13. The largest absolute Gasteiger partial charge is 0.459 e. The Kier molecular flexibility index (Phi) is 5.65. The lowest BCUT2D eigenvalue weighted by molar-refractivity contribution is 0.0518. The van der Waals surface area contributed by atoms with Crippen LogP contribution in [0.1, 0.15) is 31.3 Å². The van der Waals surface area contributed by atoms with Gasteiger partial charge in [-0.15, -0.1) is 6.58 Å². The molecule has 0 radical (unpaired) electrons. The number of aromatic nitrogens is 1. The van der Waals surface area contributed by atoms with E-state index >= 15 is 0 Å². The molecule has 2 aromatic rings. The van der Waals surface area contributed by atoms with Crippen LogP contribution in [0, 0.1) is 0 Å². The van der Waals surface area contributed by atoms with Crippen molar-refractivity contribution in [1.29, 1.82) is 0 Å². The van der Waals surface area contributed by atoms with Gasteiger partial charge >= 0.3 is 0 Å². The highest BCUT2D eigenvalue weighted by atomic mass is 16.3. The van der Waals surface area contributed by atoms with Crippen molar-refractivity contribution in [3.63, 3.8) is 0 Å². The second-order valence-electron chi connectivity index (χ2n) is 6.02. The average Bonchev–Trinajstić information content (AvgIpc) is 3.26. The predicted octanol–water partition coefficient (Wildman–Crippen LogP) is 1.19. The minimum atomic E-state index is -0.314. The molecule has 140 valence electrons. The van der Waals surface area contributed by atoms with Gasteiger partial charge in [0.1, 0.15) is 0 Å². The Bertz CT molecular complexity index is 839. The molecule has 3 amide bonds. The number of nitrogens with zero attached hydrogens (tertiary/aromatic N) is 3. The van der Waals surface area contributed by atoms with Crippen LogP contribution in [0.25, 0.3) is 0 Å². The number of hydrogen-bond acceptors (Lipinski definition) is 5. The molecule has 1 aliphatic rings. The van der Waals surface area contributed by atoms with Gasteiger partial charge in [-0.1, -0.05) is 6.08 Å². The Morgan fingerprint density at radius 1 is 1.11 bits per heavy atom. The van der Waals surface area contributed by atoms with Gasteiger partial charge < -0.3 is 19.5 Å². The van der Waals surface area contributed by atoms with Crippen molar-refractivity contribution < 1.29 is 18.8 Å². The zero-order valence-electron chi connectivity index (χ0n) is 14.8. The Labute approximate surface area is 156 Å². The number of carbonyl (C=O) groups excluding carboxylic acids is 3. The van der Waals surface area contributed by atoms with E-state index in [1.165, 1.54) is 24.7 Å². The third kappa shape index (κ3) is 4.22. The molecule has 8 nitrogen and oxygen atoms in total. The van der Waals surface area contributed by atoms with E-state index in [9.17, 15) is 14.4 Å². The van der Waals surface area contributed by atoms with E-state index in [1.807, 2.05) is 0 Å². The molecule has 3 rings (SSSR count). The maximum Gasteiger partial charge on any atom is 0.289 e. The van der Waals surface area contributed by atoms with Gasteiger partial charge in [0.25, 0.3) is 17.7 Å². The Morgan fingerprint density at radius 3 is 2.41 bits per heavy atom. The molecule has 0 unspecified atom stereocenters. The summed E-state index contributed by atoms with van der Waals surface area (Å²) in [7, 11) is 0. The van der Waals surface area contributed by atoms with Crippen LogP contribution in [0.4, 0.5) is 0 Å². The van der Waals surface area contributed by atoms with E-state index in [0.29, 0.717) is 43.9 Å². The molecule has 0 aromatic carbocycles. The van der Waals surface area contributed by atoms with Crippen molar-refractivity contribution in [2.45, 2.75) is 0 Å². The van der Waals surface area contributed by atoms with Gasteiger partial charge in [-0.3, -0.25) is 19.4 Å². The van der Waals surface area contributed by atoms with Gasteiger partial charge in [-0.2, -0.15) is 0 Å². The Hall–Kier alpha value is -3.42. The van der Waals surface area contributed by atoms with Crippen LogP contribution in [0.5, 0.6) is 0 Å². The maximum atomic E-state index is 12.7. The van der Waals surface area contributed by atoms with Crippen LogP contribution in [-0.2, 0) is 0 Å². The van der Waals surface area contributed by atoms with Crippen LogP contribution in [-0.4, -0.2) is 65.2 Å². The molecule has 27 heavy (non-hydrogen) atoms. The number of pyridine rings is 1. The quantitative estimate of drug-likeness (QED) is 0.800. The van der Waals surface area contributed by atoms with E-state index in [-0.39, 0.29) is 23.5 Å². The second kappa shape index (κ2) is 8.31. The molecular formula is C19H20N4O4. The summed E-state index contributed by atoms with van der Waals surface area (Å²) in [4.78, 5) is 44.3. The zero-order valence-corrected chi connectivity index (χ0v) is 14.8. The number of piperazine rings is 1. The molecule has 0 atom stereocenters. The van der Waals surface area contributed by atoms with Gasteiger partial charge in [0, 0.05) is 45.1 Å². The normalized spacial score (nSPS) is 13.9. The molecule has 3 heterocycles.